The Morgan fingerprint density at radius 3 is 3.08 bits per heavy atom. The summed E-state index contributed by atoms with van der Waals surface area (Å²) in [5, 5.41) is 0. The zero-order valence-electron chi connectivity index (χ0n) is 8.37. The largest absolute Gasteiger partial charge is 0.481 e. The molecule has 0 N–H and O–H groups in total. The van der Waals surface area contributed by atoms with Crippen LogP contribution in [0, 0.1) is 5.92 Å². The summed E-state index contributed by atoms with van der Waals surface area (Å²) in [6.45, 7) is 4.23. The van der Waals surface area contributed by atoms with Gasteiger partial charge >= 0.3 is 0 Å². The monoisotopic (exact) mass is 177 g/mol. The van der Waals surface area contributed by atoms with Crippen LogP contribution in [0.3, 0.4) is 0 Å². The molecule has 0 fully saturated rings. The van der Waals surface area contributed by atoms with Gasteiger partial charge in [0.1, 0.15) is 0 Å². The van der Waals surface area contributed by atoms with Crippen LogP contribution in [0.25, 0.3) is 0 Å². The molecular weight excluding hydrogens is 162 g/mol. The minimum Gasteiger partial charge on any atom is -0.481 e. The van der Waals surface area contributed by atoms with E-state index in [1.807, 2.05) is 6.92 Å². The molecule has 0 aromatic rings. The van der Waals surface area contributed by atoms with E-state index in [2.05, 4.69) is 30.1 Å². The van der Waals surface area contributed by atoms with Crippen LogP contribution in [0.15, 0.2) is 28.8 Å². The zero-order valence-corrected chi connectivity index (χ0v) is 8.37. The normalized spacial score (nSPS) is 36.7. The standard InChI is InChI=1S/C11H15NO/c1-8-7-9-5-4-6-11(9,2)12-10(8)13-3/h4-5,7,9H,6H2,1-3H3/t9-,11-/m0/s1. The number of hydrogen-bond acceptors (Lipinski definition) is 2. The lowest BCUT2D eigenvalue weighted by Gasteiger charge is -2.30. The van der Waals surface area contributed by atoms with E-state index in [1.54, 1.807) is 7.11 Å². The van der Waals surface area contributed by atoms with Crippen molar-refractivity contribution in [1.82, 2.24) is 0 Å². The molecule has 0 saturated carbocycles. The van der Waals surface area contributed by atoms with Crippen LogP contribution < -0.4 is 0 Å². The lowest BCUT2D eigenvalue weighted by molar-refractivity contribution is 0.360. The third-order valence-electron chi connectivity index (χ3n) is 2.91. The molecule has 1 heterocycles. The van der Waals surface area contributed by atoms with Crippen molar-refractivity contribution in [2.75, 3.05) is 7.11 Å². The lowest BCUT2D eigenvalue weighted by Crippen LogP contribution is -2.32. The Bertz CT molecular complexity index is 314. The van der Waals surface area contributed by atoms with Crippen LogP contribution in [0.1, 0.15) is 20.3 Å². The number of ether oxygens (including phenoxy) is 1. The third-order valence-corrected chi connectivity index (χ3v) is 2.91. The number of rotatable bonds is 0. The van der Waals surface area contributed by atoms with Crippen molar-refractivity contribution in [2.45, 2.75) is 25.8 Å². The predicted octanol–water partition coefficient (Wildman–Crippen LogP) is 2.33. The molecule has 2 nitrogen and oxygen atoms in total. The third kappa shape index (κ3) is 1.21. The highest BCUT2D eigenvalue weighted by Crippen LogP contribution is 2.38. The fourth-order valence-electron chi connectivity index (χ4n) is 2.02. The molecule has 0 bridgehead atoms. The molecule has 0 unspecified atom stereocenters. The van der Waals surface area contributed by atoms with Crippen molar-refractivity contribution in [1.29, 1.82) is 0 Å². The highest BCUT2D eigenvalue weighted by atomic mass is 16.5. The molecule has 0 saturated heterocycles. The summed E-state index contributed by atoms with van der Waals surface area (Å²) in [5.74, 6) is 1.26. The van der Waals surface area contributed by atoms with Gasteiger partial charge in [0, 0.05) is 11.5 Å². The Kier molecular flexibility index (Phi) is 1.79. The van der Waals surface area contributed by atoms with Crippen molar-refractivity contribution < 1.29 is 4.74 Å². The van der Waals surface area contributed by atoms with Gasteiger partial charge in [-0.25, -0.2) is 4.99 Å². The molecular formula is C11H15NO. The van der Waals surface area contributed by atoms with Gasteiger partial charge in [0.05, 0.1) is 12.6 Å². The van der Waals surface area contributed by atoms with E-state index in [0.717, 1.165) is 17.9 Å². The van der Waals surface area contributed by atoms with Crippen molar-refractivity contribution >= 4 is 5.90 Å². The predicted molar refractivity (Wildman–Crippen MR) is 53.9 cm³/mol. The smallest absolute Gasteiger partial charge is 0.211 e. The molecule has 13 heavy (non-hydrogen) atoms. The maximum Gasteiger partial charge on any atom is 0.211 e. The fraction of sp³-hybridized carbons (Fsp3) is 0.545. The summed E-state index contributed by atoms with van der Waals surface area (Å²) in [4.78, 5) is 4.64. The Balaban J connectivity index is 2.37. The summed E-state index contributed by atoms with van der Waals surface area (Å²) in [6.07, 6.45) is 7.71. The van der Waals surface area contributed by atoms with Gasteiger partial charge in [-0.2, -0.15) is 0 Å². The molecule has 2 heteroatoms. The van der Waals surface area contributed by atoms with Crippen molar-refractivity contribution in [3.8, 4) is 0 Å². The van der Waals surface area contributed by atoms with Gasteiger partial charge in [-0.05, 0) is 20.3 Å². The summed E-state index contributed by atoms with van der Waals surface area (Å²) in [6, 6.07) is 0. The summed E-state index contributed by atoms with van der Waals surface area (Å²) in [7, 11) is 1.68. The Morgan fingerprint density at radius 2 is 2.38 bits per heavy atom. The number of hydrogen-bond donors (Lipinski definition) is 0. The van der Waals surface area contributed by atoms with E-state index in [1.165, 1.54) is 0 Å². The van der Waals surface area contributed by atoms with Crippen LogP contribution in [-0.4, -0.2) is 18.5 Å². The number of dihydropyridines is 1. The maximum atomic E-state index is 5.23. The molecule has 2 rings (SSSR count). The minimum atomic E-state index is 0.0187. The molecule has 0 aromatic carbocycles. The van der Waals surface area contributed by atoms with E-state index >= 15 is 0 Å². The van der Waals surface area contributed by atoms with Gasteiger partial charge in [0.15, 0.2) is 0 Å². The summed E-state index contributed by atoms with van der Waals surface area (Å²) in [5.41, 5.74) is 1.17. The second-order valence-electron chi connectivity index (χ2n) is 3.99. The van der Waals surface area contributed by atoms with Crippen molar-refractivity contribution in [3.63, 3.8) is 0 Å². The number of nitrogens with zero attached hydrogens (tertiary/aromatic N) is 1. The molecule has 0 radical (unpaired) electrons. The fourth-order valence-corrected chi connectivity index (χ4v) is 2.02. The average Bonchev–Trinajstić information content (AvgIpc) is 2.45. The molecule has 0 amide bonds. The Morgan fingerprint density at radius 1 is 1.62 bits per heavy atom. The lowest BCUT2D eigenvalue weighted by atomic mass is 9.85. The van der Waals surface area contributed by atoms with E-state index in [-0.39, 0.29) is 5.54 Å². The average molecular weight is 177 g/mol. The van der Waals surface area contributed by atoms with Crippen LogP contribution in [0.2, 0.25) is 0 Å². The number of fused-ring (bicyclic) bond motifs is 1. The Labute approximate surface area is 79.0 Å². The van der Waals surface area contributed by atoms with E-state index in [0.29, 0.717) is 5.92 Å². The molecule has 1 aliphatic carbocycles. The summed E-state index contributed by atoms with van der Waals surface area (Å²) < 4.78 is 5.23. The van der Waals surface area contributed by atoms with Gasteiger partial charge in [0.25, 0.3) is 0 Å². The molecule has 2 atom stereocenters. The Hall–Kier alpha value is -1.05. The van der Waals surface area contributed by atoms with Crippen molar-refractivity contribution in [2.24, 2.45) is 10.9 Å². The zero-order chi connectivity index (χ0) is 9.47. The van der Waals surface area contributed by atoms with E-state index in [4.69, 9.17) is 4.74 Å². The van der Waals surface area contributed by atoms with Crippen LogP contribution in [0.5, 0.6) is 0 Å². The van der Waals surface area contributed by atoms with Gasteiger partial charge in [0.2, 0.25) is 5.90 Å². The highest BCUT2D eigenvalue weighted by Gasteiger charge is 2.37. The minimum absolute atomic E-state index is 0.0187. The first-order chi connectivity index (χ1) is 6.15. The second-order valence-corrected chi connectivity index (χ2v) is 3.99. The van der Waals surface area contributed by atoms with Crippen LogP contribution >= 0.6 is 0 Å². The molecule has 0 aromatic heterocycles. The molecule has 0 spiro atoms. The molecule has 1 aliphatic heterocycles. The van der Waals surface area contributed by atoms with Gasteiger partial charge in [-0.1, -0.05) is 18.2 Å². The first kappa shape index (κ1) is 8.54. The van der Waals surface area contributed by atoms with Gasteiger partial charge in [-0.3, -0.25) is 0 Å². The quantitative estimate of drug-likeness (QED) is 0.520. The second kappa shape index (κ2) is 2.72. The molecule has 70 valence electrons. The maximum absolute atomic E-state index is 5.23. The van der Waals surface area contributed by atoms with Crippen LogP contribution in [-0.2, 0) is 4.74 Å². The highest BCUT2D eigenvalue weighted by molar-refractivity contribution is 5.94. The van der Waals surface area contributed by atoms with E-state index in [9.17, 15) is 0 Å². The topological polar surface area (TPSA) is 21.6 Å². The van der Waals surface area contributed by atoms with Crippen molar-refractivity contribution in [3.05, 3.63) is 23.8 Å². The summed E-state index contributed by atoms with van der Waals surface area (Å²) >= 11 is 0. The number of methoxy groups -OCH3 is 1. The molecule has 2 aliphatic rings. The SMILES string of the molecule is COC1=N[C@@]2(C)CC=C[C@H]2C=C1C. The van der Waals surface area contributed by atoms with E-state index < -0.39 is 0 Å². The number of aliphatic imine (C=N–C) groups is 1. The van der Waals surface area contributed by atoms with Crippen LogP contribution in [0.4, 0.5) is 0 Å². The van der Waals surface area contributed by atoms with Gasteiger partial charge < -0.3 is 4.74 Å². The first-order valence-electron chi connectivity index (χ1n) is 4.65. The first-order valence-corrected chi connectivity index (χ1v) is 4.65. The van der Waals surface area contributed by atoms with Gasteiger partial charge in [-0.15, -0.1) is 0 Å².